The molecule has 6 aromatic rings. The summed E-state index contributed by atoms with van der Waals surface area (Å²) in [6, 6.07) is 16.8. The number of rotatable bonds is 7. The van der Waals surface area contributed by atoms with Gasteiger partial charge in [-0.25, -0.2) is 4.79 Å². The maximum absolute atomic E-state index is 13.3. The molecule has 4 aromatic heterocycles. The fraction of sp³-hybridized carbons (Fsp3) is 0.138. The summed E-state index contributed by atoms with van der Waals surface area (Å²) in [5.74, 6) is -1.32. The molecule has 2 N–H and O–H groups in total. The number of ketones is 1. The Morgan fingerprint density at radius 2 is 1.81 bits per heavy atom. The smallest absolute Gasteiger partial charge is 0.337 e. The number of nitrogens with zero attached hydrogens (tertiary/aromatic N) is 1. The maximum Gasteiger partial charge on any atom is 0.337 e. The van der Waals surface area contributed by atoms with Crippen LogP contribution in [0, 0.1) is 5.92 Å². The first kappa shape index (κ1) is 23.0. The normalized spacial score (nSPS) is 13.2. The SMILES string of the molecule is CC(C(=O)c1cc2ccccc2o1)C(C)c1scc(-c2cc3cccc(-c4cn[nH]c4)c3o2)c1C(=O)O. The van der Waals surface area contributed by atoms with Crippen LogP contribution in [0.5, 0.6) is 0 Å². The topological polar surface area (TPSA) is 109 Å². The van der Waals surface area contributed by atoms with Crippen molar-refractivity contribution in [1.29, 1.82) is 0 Å². The molecule has 0 aliphatic carbocycles. The van der Waals surface area contributed by atoms with Crippen LogP contribution in [-0.2, 0) is 0 Å². The zero-order valence-electron chi connectivity index (χ0n) is 20.0. The number of carbonyl (C=O) groups is 2. The average molecular weight is 511 g/mol. The number of carboxylic acid groups (broad SMARTS) is 1. The average Bonchev–Trinajstić information content (AvgIpc) is 3.71. The third kappa shape index (κ3) is 3.86. The molecule has 2 aromatic carbocycles. The second-order valence-corrected chi connectivity index (χ2v) is 10.0. The largest absolute Gasteiger partial charge is 0.478 e. The zero-order valence-corrected chi connectivity index (χ0v) is 20.8. The van der Waals surface area contributed by atoms with Crippen LogP contribution >= 0.6 is 11.3 Å². The van der Waals surface area contributed by atoms with Gasteiger partial charge in [-0.3, -0.25) is 9.89 Å². The van der Waals surface area contributed by atoms with E-state index < -0.39 is 11.9 Å². The molecule has 0 amide bonds. The number of fused-ring (bicyclic) bond motifs is 2. The molecule has 6 rings (SSSR count). The molecule has 4 heterocycles. The van der Waals surface area contributed by atoms with Crippen molar-refractivity contribution in [2.24, 2.45) is 5.92 Å². The second kappa shape index (κ2) is 8.90. The van der Waals surface area contributed by atoms with Crippen LogP contribution in [0.4, 0.5) is 0 Å². The Labute approximate surface area is 215 Å². The van der Waals surface area contributed by atoms with E-state index in [1.54, 1.807) is 23.8 Å². The van der Waals surface area contributed by atoms with Gasteiger partial charge in [0.1, 0.15) is 16.9 Å². The molecule has 0 saturated heterocycles. The number of furan rings is 2. The van der Waals surface area contributed by atoms with Gasteiger partial charge in [0, 0.05) is 55.8 Å². The minimum atomic E-state index is -1.06. The Bertz CT molecular complexity index is 1740. The van der Waals surface area contributed by atoms with E-state index in [9.17, 15) is 14.7 Å². The Kier molecular flexibility index (Phi) is 5.53. The summed E-state index contributed by atoms with van der Waals surface area (Å²) in [7, 11) is 0. The Morgan fingerprint density at radius 3 is 2.57 bits per heavy atom. The zero-order chi connectivity index (χ0) is 25.7. The number of aromatic nitrogens is 2. The van der Waals surface area contributed by atoms with Gasteiger partial charge >= 0.3 is 5.97 Å². The number of hydrogen-bond donors (Lipinski definition) is 2. The van der Waals surface area contributed by atoms with Crippen molar-refractivity contribution >= 4 is 45.0 Å². The van der Waals surface area contributed by atoms with Crippen molar-refractivity contribution in [2.45, 2.75) is 19.8 Å². The van der Waals surface area contributed by atoms with Crippen molar-refractivity contribution in [1.82, 2.24) is 10.2 Å². The summed E-state index contributed by atoms with van der Waals surface area (Å²) in [6.45, 7) is 3.69. The molecular weight excluding hydrogens is 488 g/mol. The van der Waals surface area contributed by atoms with Gasteiger partial charge in [-0.05, 0) is 18.2 Å². The van der Waals surface area contributed by atoms with Gasteiger partial charge < -0.3 is 13.9 Å². The second-order valence-electron chi connectivity index (χ2n) is 9.11. The van der Waals surface area contributed by atoms with Crippen molar-refractivity contribution < 1.29 is 23.5 Å². The highest BCUT2D eigenvalue weighted by Crippen LogP contribution is 2.42. The number of Topliss-reactive ketones (excluding diaryl/α,β-unsaturated/α-hetero) is 1. The summed E-state index contributed by atoms with van der Waals surface area (Å²) in [4.78, 5) is 26.4. The first-order chi connectivity index (χ1) is 17.9. The highest BCUT2D eigenvalue weighted by molar-refractivity contribution is 7.11. The van der Waals surface area contributed by atoms with Crippen molar-refractivity contribution in [2.75, 3.05) is 0 Å². The predicted molar refractivity (Wildman–Crippen MR) is 142 cm³/mol. The lowest BCUT2D eigenvalue weighted by molar-refractivity contribution is 0.0694. The third-order valence-corrected chi connectivity index (χ3v) is 8.08. The molecule has 8 heteroatoms. The number of aromatic carboxylic acids is 1. The molecule has 0 spiro atoms. The summed E-state index contributed by atoms with van der Waals surface area (Å²) < 4.78 is 12.0. The van der Waals surface area contributed by atoms with Gasteiger partial charge in [-0.15, -0.1) is 11.3 Å². The Hall–Kier alpha value is -4.43. The van der Waals surface area contributed by atoms with Crippen LogP contribution in [-0.4, -0.2) is 27.1 Å². The van der Waals surface area contributed by atoms with E-state index in [2.05, 4.69) is 10.2 Å². The van der Waals surface area contributed by atoms with E-state index >= 15 is 0 Å². The van der Waals surface area contributed by atoms with Gasteiger partial charge in [0.15, 0.2) is 5.76 Å². The van der Waals surface area contributed by atoms with E-state index in [0.29, 0.717) is 27.4 Å². The number of benzene rings is 2. The molecule has 0 fully saturated rings. The molecule has 2 unspecified atom stereocenters. The number of aromatic amines is 1. The lowest BCUT2D eigenvalue weighted by Crippen LogP contribution is -2.18. The molecular formula is C29H22N2O5S. The van der Waals surface area contributed by atoms with Gasteiger partial charge in [0.2, 0.25) is 5.78 Å². The Balaban J connectivity index is 1.37. The van der Waals surface area contributed by atoms with Crippen LogP contribution in [0.15, 0.2) is 81.2 Å². The lowest BCUT2D eigenvalue weighted by Gasteiger charge is -2.17. The van der Waals surface area contributed by atoms with Crippen LogP contribution in [0.2, 0.25) is 0 Å². The number of H-pyrrole nitrogens is 1. The monoisotopic (exact) mass is 510 g/mol. The Morgan fingerprint density at radius 1 is 1.00 bits per heavy atom. The number of thiophene rings is 1. The van der Waals surface area contributed by atoms with Crippen LogP contribution in [0.1, 0.15) is 45.6 Å². The maximum atomic E-state index is 13.3. The summed E-state index contributed by atoms with van der Waals surface area (Å²) >= 11 is 1.33. The van der Waals surface area contributed by atoms with E-state index in [1.165, 1.54) is 11.3 Å². The summed E-state index contributed by atoms with van der Waals surface area (Å²) in [5, 5.41) is 20.5. The molecule has 7 nitrogen and oxygen atoms in total. The molecule has 0 aliphatic rings. The van der Waals surface area contributed by atoms with Crippen molar-refractivity contribution in [3.63, 3.8) is 0 Å². The van der Waals surface area contributed by atoms with Crippen LogP contribution in [0.3, 0.4) is 0 Å². The number of para-hydroxylation sites is 2. The van der Waals surface area contributed by atoms with Crippen LogP contribution in [0.25, 0.3) is 44.4 Å². The van der Waals surface area contributed by atoms with Gasteiger partial charge in [-0.2, -0.15) is 5.10 Å². The summed E-state index contributed by atoms with van der Waals surface area (Å²) in [6.07, 6.45) is 3.49. The quantitative estimate of drug-likeness (QED) is 0.214. The number of hydrogen-bond acceptors (Lipinski definition) is 6. The lowest BCUT2D eigenvalue weighted by atomic mass is 9.87. The van der Waals surface area contributed by atoms with Gasteiger partial charge in [0.05, 0.1) is 11.8 Å². The van der Waals surface area contributed by atoms with E-state index in [0.717, 1.165) is 21.9 Å². The standard InChI is InChI=1S/C29H22N2O5S/c1-15(26(32)24-10-17-6-3-4-9-22(17)35-24)16(2)28-25(29(33)34)21(14-37-28)23-11-18-7-5-8-20(27(18)36-23)19-12-30-31-13-19/h3-16H,1-2H3,(H,30,31)(H,33,34). The number of carbonyl (C=O) groups excluding carboxylic acids is 1. The molecule has 2 atom stereocenters. The highest BCUT2D eigenvalue weighted by Gasteiger charge is 2.32. The highest BCUT2D eigenvalue weighted by atomic mass is 32.1. The fourth-order valence-corrected chi connectivity index (χ4v) is 5.93. The van der Waals surface area contributed by atoms with E-state index in [1.807, 2.05) is 62.4 Å². The molecule has 0 radical (unpaired) electrons. The minimum Gasteiger partial charge on any atom is -0.478 e. The van der Waals surface area contributed by atoms with E-state index in [4.69, 9.17) is 8.83 Å². The minimum absolute atomic E-state index is 0.158. The van der Waals surface area contributed by atoms with E-state index in [-0.39, 0.29) is 23.0 Å². The third-order valence-electron chi connectivity index (χ3n) is 6.90. The van der Waals surface area contributed by atoms with Crippen LogP contribution < -0.4 is 0 Å². The summed E-state index contributed by atoms with van der Waals surface area (Å²) in [5.41, 5.74) is 3.70. The fourth-order valence-electron chi connectivity index (χ4n) is 4.71. The molecule has 0 aliphatic heterocycles. The van der Waals surface area contributed by atoms with Crippen molar-refractivity contribution in [3.8, 4) is 22.5 Å². The first-order valence-electron chi connectivity index (χ1n) is 11.8. The van der Waals surface area contributed by atoms with Gasteiger partial charge in [0.25, 0.3) is 0 Å². The molecule has 184 valence electrons. The molecule has 37 heavy (non-hydrogen) atoms. The van der Waals surface area contributed by atoms with Crippen molar-refractivity contribution in [3.05, 3.63) is 88.6 Å². The molecule has 0 saturated carbocycles. The number of carboxylic acids is 1. The first-order valence-corrected chi connectivity index (χ1v) is 12.7. The van der Waals surface area contributed by atoms with Gasteiger partial charge in [-0.1, -0.05) is 50.2 Å². The predicted octanol–water partition coefficient (Wildman–Crippen LogP) is 7.62. The number of nitrogens with one attached hydrogen (secondary N) is 1. The molecule has 0 bridgehead atoms.